The summed E-state index contributed by atoms with van der Waals surface area (Å²) in [5.41, 5.74) is 2.36. The standard InChI is InChI=1S/C12H20N2O3/c1-10-12(9-15)11(2)14(13-10)5-8-17-7-4-6-16-3/h9H,4-8H2,1-3H3. The number of aryl methyl sites for hydroxylation is 1. The number of carbonyl (C=O) groups excluding carboxylic acids is 1. The van der Waals surface area contributed by atoms with E-state index in [2.05, 4.69) is 5.10 Å². The highest BCUT2D eigenvalue weighted by atomic mass is 16.5. The van der Waals surface area contributed by atoms with Gasteiger partial charge in [0.05, 0.1) is 24.4 Å². The maximum absolute atomic E-state index is 10.8. The van der Waals surface area contributed by atoms with Gasteiger partial charge in [-0.3, -0.25) is 9.48 Å². The van der Waals surface area contributed by atoms with E-state index in [0.717, 1.165) is 30.7 Å². The number of hydrogen-bond acceptors (Lipinski definition) is 4. The molecule has 1 aromatic rings. The fourth-order valence-corrected chi connectivity index (χ4v) is 1.66. The van der Waals surface area contributed by atoms with E-state index in [0.29, 0.717) is 25.3 Å². The van der Waals surface area contributed by atoms with E-state index in [1.807, 2.05) is 18.5 Å². The summed E-state index contributed by atoms with van der Waals surface area (Å²) in [6.45, 7) is 6.42. The smallest absolute Gasteiger partial charge is 0.153 e. The zero-order valence-electron chi connectivity index (χ0n) is 10.7. The van der Waals surface area contributed by atoms with Crippen LogP contribution in [0.5, 0.6) is 0 Å². The molecule has 0 radical (unpaired) electrons. The third-order valence-electron chi connectivity index (χ3n) is 2.64. The lowest BCUT2D eigenvalue weighted by Gasteiger charge is -2.06. The van der Waals surface area contributed by atoms with Crippen molar-refractivity contribution in [1.82, 2.24) is 9.78 Å². The Kier molecular flexibility index (Phi) is 5.86. The van der Waals surface area contributed by atoms with E-state index >= 15 is 0 Å². The zero-order valence-corrected chi connectivity index (χ0v) is 10.7. The van der Waals surface area contributed by atoms with Crippen molar-refractivity contribution in [1.29, 1.82) is 0 Å². The van der Waals surface area contributed by atoms with Crippen molar-refractivity contribution < 1.29 is 14.3 Å². The van der Waals surface area contributed by atoms with Gasteiger partial charge in [0.25, 0.3) is 0 Å². The summed E-state index contributed by atoms with van der Waals surface area (Å²) >= 11 is 0. The van der Waals surface area contributed by atoms with Gasteiger partial charge in [-0.1, -0.05) is 0 Å². The van der Waals surface area contributed by atoms with Gasteiger partial charge >= 0.3 is 0 Å². The van der Waals surface area contributed by atoms with Crippen LogP contribution in [0, 0.1) is 13.8 Å². The molecule has 0 amide bonds. The van der Waals surface area contributed by atoms with E-state index in [9.17, 15) is 4.79 Å². The third-order valence-corrected chi connectivity index (χ3v) is 2.64. The number of methoxy groups -OCH3 is 1. The third kappa shape index (κ3) is 3.94. The lowest BCUT2D eigenvalue weighted by molar-refractivity contribution is 0.0957. The molecule has 0 bridgehead atoms. The van der Waals surface area contributed by atoms with Crippen molar-refractivity contribution in [2.24, 2.45) is 0 Å². The summed E-state index contributed by atoms with van der Waals surface area (Å²) in [5, 5.41) is 4.30. The molecule has 0 unspecified atom stereocenters. The van der Waals surface area contributed by atoms with Crippen LogP contribution in [0.4, 0.5) is 0 Å². The Morgan fingerprint density at radius 2 is 2.06 bits per heavy atom. The van der Waals surface area contributed by atoms with E-state index in [4.69, 9.17) is 9.47 Å². The van der Waals surface area contributed by atoms with Crippen LogP contribution in [0.1, 0.15) is 28.2 Å². The van der Waals surface area contributed by atoms with Gasteiger partial charge in [0.2, 0.25) is 0 Å². The molecule has 5 nitrogen and oxygen atoms in total. The van der Waals surface area contributed by atoms with Crippen LogP contribution >= 0.6 is 0 Å². The topological polar surface area (TPSA) is 53.4 Å². The second-order valence-electron chi connectivity index (χ2n) is 3.88. The lowest BCUT2D eigenvalue weighted by atomic mass is 10.2. The molecule has 1 rings (SSSR count). The fraction of sp³-hybridized carbons (Fsp3) is 0.667. The molecule has 0 atom stereocenters. The highest BCUT2D eigenvalue weighted by Crippen LogP contribution is 2.09. The molecule has 0 aliphatic carbocycles. The fourth-order valence-electron chi connectivity index (χ4n) is 1.66. The Hall–Kier alpha value is -1.20. The van der Waals surface area contributed by atoms with Gasteiger partial charge in [0, 0.05) is 26.0 Å². The first-order valence-electron chi connectivity index (χ1n) is 5.76. The van der Waals surface area contributed by atoms with E-state index in [1.165, 1.54) is 0 Å². The number of ether oxygens (including phenoxy) is 2. The average molecular weight is 240 g/mol. The predicted molar refractivity (Wildman–Crippen MR) is 64.4 cm³/mol. The second kappa shape index (κ2) is 7.19. The molecule has 5 heteroatoms. The van der Waals surface area contributed by atoms with Gasteiger partial charge in [-0.2, -0.15) is 5.10 Å². The molecule has 17 heavy (non-hydrogen) atoms. The van der Waals surface area contributed by atoms with Crippen LogP contribution in [0.2, 0.25) is 0 Å². The van der Waals surface area contributed by atoms with Gasteiger partial charge in [-0.25, -0.2) is 0 Å². The van der Waals surface area contributed by atoms with Crippen LogP contribution in [-0.4, -0.2) is 43.0 Å². The van der Waals surface area contributed by atoms with Gasteiger partial charge in [0.15, 0.2) is 6.29 Å². The molecule has 0 saturated heterocycles. The highest BCUT2D eigenvalue weighted by molar-refractivity contribution is 5.77. The highest BCUT2D eigenvalue weighted by Gasteiger charge is 2.09. The van der Waals surface area contributed by atoms with Crippen molar-refractivity contribution in [3.63, 3.8) is 0 Å². The Morgan fingerprint density at radius 1 is 1.29 bits per heavy atom. The molecule has 0 spiro atoms. The Morgan fingerprint density at radius 3 is 2.65 bits per heavy atom. The number of carbonyl (C=O) groups is 1. The zero-order chi connectivity index (χ0) is 12.7. The summed E-state index contributed by atoms with van der Waals surface area (Å²) in [6, 6.07) is 0. The molecule has 96 valence electrons. The number of hydrogen-bond donors (Lipinski definition) is 0. The van der Waals surface area contributed by atoms with Crippen molar-refractivity contribution in [3.8, 4) is 0 Å². The number of nitrogens with zero attached hydrogens (tertiary/aromatic N) is 2. The second-order valence-corrected chi connectivity index (χ2v) is 3.88. The summed E-state index contributed by atoms with van der Waals surface area (Å²) in [7, 11) is 1.68. The molecular weight excluding hydrogens is 220 g/mol. The van der Waals surface area contributed by atoms with Crippen molar-refractivity contribution in [3.05, 3.63) is 17.0 Å². The van der Waals surface area contributed by atoms with Crippen LogP contribution in [0.25, 0.3) is 0 Å². The summed E-state index contributed by atoms with van der Waals surface area (Å²) < 4.78 is 12.2. The van der Waals surface area contributed by atoms with Gasteiger partial charge in [-0.15, -0.1) is 0 Å². The minimum absolute atomic E-state index is 0.601. The summed E-state index contributed by atoms with van der Waals surface area (Å²) in [5.74, 6) is 0. The van der Waals surface area contributed by atoms with Gasteiger partial charge in [0.1, 0.15) is 0 Å². The minimum Gasteiger partial charge on any atom is -0.385 e. The molecule has 0 fully saturated rings. The Labute approximate surface area is 102 Å². The number of aldehydes is 1. The minimum atomic E-state index is 0.601. The first-order chi connectivity index (χ1) is 8.20. The molecule has 1 heterocycles. The van der Waals surface area contributed by atoms with Crippen LogP contribution in [0.15, 0.2) is 0 Å². The largest absolute Gasteiger partial charge is 0.385 e. The average Bonchev–Trinajstić information content (AvgIpc) is 2.58. The molecule has 0 aliphatic heterocycles. The van der Waals surface area contributed by atoms with Crippen LogP contribution in [0.3, 0.4) is 0 Å². The molecule has 0 saturated carbocycles. The first kappa shape index (κ1) is 13.9. The maximum atomic E-state index is 10.8. The molecule has 1 aromatic heterocycles. The maximum Gasteiger partial charge on any atom is 0.153 e. The predicted octanol–water partition coefficient (Wildman–Crippen LogP) is 1.37. The summed E-state index contributed by atoms with van der Waals surface area (Å²) in [4.78, 5) is 10.8. The SMILES string of the molecule is COCCCOCCn1nc(C)c(C=O)c1C. The van der Waals surface area contributed by atoms with E-state index in [-0.39, 0.29) is 0 Å². The van der Waals surface area contributed by atoms with Crippen LogP contribution in [-0.2, 0) is 16.0 Å². The molecular formula is C12H20N2O3. The number of rotatable bonds is 8. The van der Waals surface area contributed by atoms with Crippen molar-refractivity contribution in [2.45, 2.75) is 26.8 Å². The molecule has 0 aromatic carbocycles. The van der Waals surface area contributed by atoms with Crippen molar-refractivity contribution >= 4 is 6.29 Å². The van der Waals surface area contributed by atoms with Gasteiger partial charge < -0.3 is 9.47 Å². The Bertz CT molecular complexity index is 361. The first-order valence-corrected chi connectivity index (χ1v) is 5.76. The van der Waals surface area contributed by atoms with Crippen molar-refractivity contribution in [2.75, 3.05) is 26.9 Å². The van der Waals surface area contributed by atoms with Gasteiger partial charge in [-0.05, 0) is 20.3 Å². The van der Waals surface area contributed by atoms with Crippen LogP contribution < -0.4 is 0 Å². The monoisotopic (exact) mass is 240 g/mol. The normalized spacial score (nSPS) is 10.8. The number of aromatic nitrogens is 2. The lowest BCUT2D eigenvalue weighted by Crippen LogP contribution is -2.10. The molecule has 0 aliphatic rings. The quantitative estimate of drug-likeness (QED) is 0.508. The summed E-state index contributed by atoms with van der Waals surface area (Å²) in [6.07, 6.45) is 1.75. The van der Waals surface area contributed by atoms with E-state index in [1.54, 1.807) is 7.11 Å². The Balaban J connectivity index is 2.34. The molecule has 0 N–H and O–H groups in total. The van der Waals surface area contributed by atoms with E-state index < -0.39 is 0 Å².